The van der Waals surface area contributed by atoms with Crippen LogP contribution < -0.4 is 5.32 Å². The van der Waals surface area contributed by atoms with Crippen molar-refractivity contribution in [2.24, 2.45) is 0 Å². The monoisotopic (exact) mass is 266 g/mol. The molecular weight excluding hydrogens is 243 g/mol. The summed E-state index contributed by atoms with van der Waals surface area (Å²) < 4.78 is 13.0. The van der Waals surface area contributed by atoms with Gasteiger partial charge in [0.15, 0.2) is 0 Å². The SMILES string of the molecule is Oc1ccc(F)cc1CNCCN1CCCCCC1. The van der Waals surface area contributed by atoms with Gasteiger partial charge in [0.05, 0.1) is 0 Å². The van der Waals surface area contributed by atoms with Crippen molar-refractivity contribution in [3.8, 4) is 5.75 Å². The van der Waals surface area contributed by atoms with E-state index < -0.39 is 0 Å². The van der Waals surface area contributed by atoms with Crippen LogP contribution in [-0.4, -0.2) is 36.2 Å². The molecule has 0 radical (unpaired) electrons. The van der Waals surface area contributed by atoms with Gasteiger partial charge in [-0.3, -0.25) is 0 Å². The number of hydrogen-bond acceptors (Lipinski definition) is 3. The summed E-state index contributed by atoms with van der Waals surface area (Å²) in [5.41, 5.74) is 0.621. The van der Waals surface area contributed by atoms with E-state index in [0.717, 1.165) is 13.1 Å². The minimum atomic E-state index is -0.304. The van der Waals surface area contributed by atoms with E-state index in [0.29, 0.717) is 12.1 Å². The number of halogens is 1. The molecule has 1 aromatic carbocycles. The molecule has 19 heavy (non-hydrogen) atoms. The molecule has 0 bridgehead atoms. The first-order valence-electron chi connectivity index (χ1n) is 7.16. The van der Waals surface area contributed by atoms with E-state index in [1.54, 1.807) is 0 Å². The van der Waals surface area contributed by atoms with E-state index in [-0.39, 0.29) is 11.6 Å². The second kappa shape index (κ2) is 7.46. The Morgan fingerprint density at radius 3 is 2.63 bits per heavy atom. The molecule has 1 aliphatic rings. The van der Waals surface area contributed by atoms with Gasteiger partial charge < -0.3 is 15.3 Å². The Morgan fingerprint density at radius 1 is 1.16 bits per heavy atom. The number of phenolic OH excluding ortho intramolecular Hbond substituents is 1. The fraction of sp³-hybridized carbons (Fsp3) is 0.600. The van der Waals surface area contributed by atoms with Crippen LogP contribution in [0.15, 0.2) is 18.2 Å². The van der Waals surface area contributed by atoms with E-state index in [1.807, 2.05) is 0 Å². The Hall–Kier alpha value is -1.13. The van der Waals surface area contributed by atoms with E-state index in [2.05, 4.69) is 10.2 Å². The Balaban J connectivity index is 1.69. The molecule has 1 heterocycles. The zero-order chi connectivity index (χ0) is 13.5. The Bertz CT molecular complexity index is 390. The molecule has 0 unspecified atom stereocenters. The van der Waals surface area contributed by atoms with Gasteiger partial charge in [0.25, 0.3) is 0 Å². The molecule has 3 nitrogen and oxygen atoms in total. The highest BCUT2D eigenvalue weighted by atomic mass is 19.1. The van der Waals surface area contributed by atoms with Crippen LogP contribution >= 0.6 is 0 Å². The normalized spacial score (nSPS) is 17.3. The van der Waals surface area contributed by atoms with Gasteiger partial charge in [0.2, 0.25) is 0 Å². The van der Waals surface area contributed by atoms with Crippen LogP contribution in [0.1, 0.15) is 31.2 Å². The maximum absolute atomic E-state index is 13.0. The fourth-order valence-corrected chi connectivity index (χ4v) is 2.52. The summed E-state index contributed by atoms with van der Waals surface area (Å²) in [5, 5.41) is 12.9. The highest BCUT2D eigenvalue weighted by molar-refractivity contribution is 5.32. The van der Waals surface area contributed by atoms with Crippen molar-refractivity contribution >= 4 is 0 Å². The fourth-order valence-electron chi connectivity index (χ4n) is 2.52. The average Bonchev–Trinajstić information content (AvgIpc) is 2.67. The first-order chi connectivity index (χ1) is 9.25. The van der Waals surface area contributed by atoms with Crippen molar-refractivity contribution in [1.29, 1.82) is 0 Å². The second-order valence-corrected chi connectivity index (χ2v) is 5.21. The van der Waals surface area contributed by atoms with Crippen molar-refractivity contribution in [3.63, 3.8) is 0 Å². The number of nitrogens with one attached hydrogen (secondary N) is 1. The molecule has 1 aromatic rings. The standard InChI is InChI=1S/C15H23FN2O/c16-14-5-6-15(19)13(11-14)12-17-7-10-18-8-3-1-2-4-9-18/h5-6,11,17,19H,1-4,7-10,12H2. The van der Waals surface area contributed by atoms with Gasteiger partial charge in [-0.1, -0.05) is 12.8 Å². The van der Waals surface area contributed by atoms with E-state index in [4.69, 9.17) is 0 Å². The van der Waals surface area contributed by atoms with Gasteiger partial charge in [0, 0.05) is 25.2 Å². The molecule has 1 fully saturated rings. The highest BCUT2D eigenvalue weighted by Gasteiger charge is 2.08. The van der Waals surface area contributed by atoms with Crippen LogP contribution in [0, 0.1) is 5.82 Å². The van der Waals surface area contributed by atoms with Gasteiger partial charge in [-0.25, -0.2) is 4.39 Å². The van der Waals surface area contributed by atoms with Gasteiger partial charge >= 0.3 is 0 Å². The van der Waals surface area contributed by atoms with Gasteiger partial charge in [-0.15, -0.1) is 0 Å². The van der Waals surface area contributed by atoms with Crippen molar-refractivity contribution in [2.45, 2.75) is 32.2 Å². The van der Waals surface area contributed by atoms with Gasteiger partial charge in [-0.05, 0) is 44.1 Å². The van der Waals surface area contributed by atoms with Crippen LogP contribution in [0.5, 0.6) is 5.75 Å². The third-order valence-corrected chi connectivity index (χ3v) is 3.66. The summed E-state index contributed by atoms with van der Waals surface area (Å²) in [5.74, 6) is -0.147. The Labute approximate surface area is 114 Å². The number of rotatable bonds is 5. The first kappa shape index (κ1) is 14.3. The van der Waals surface area contributed by atoms with Crippen molar-refractivity contribution in [2.75, 3.05) is 26.2 Å². The predicted molar refractivity (Wildman–Crippen MR) is 74.7 cm³/mol. The summed E-state index contributed by atoms with van der Waals surface area (Å²) >= 11 is 0. The van der Waals surface area contributed by atoms with Crippen LogP contribution in [0.25, 0.3) is 0 Å². The molecule has 0 atom stereocenters. The lowest BCUT2D eigenvalue weighted by Crippen LogP contribution is -2.32. The number of aromatic hydroxyl groups is 1. The molecule has 0 amide bonds. The quantitative estimate of drug-likeness (QED) is 0.804. The zero-order valence-corrected chi connectivity index (χ0v) is 11.4. The van der Waals surface area contributed by atoms with Crippen molar-refractivity contribution < 1.29 is 9.50 Å². The molecule has 2 N–H and O–H groups in total. The number of nitrogens with zero attached hydrogens (tertiary/aromatic N) is 1. The third kappa shape index (κ3) is 4.80. The molecule has 106 valence electrons. The summed E-state index contributed by atoms with van der Waals surface area (Å²) in [7, 11) is 0. The summed E-state index contributed by atoms with van der Waals surface area (Å²) in [6.07, 6.45) is 5.29. The molecular formula is C15H23FN2O. The van der Waals surface area contributed by atoms with Gasteiger partial charge in [-0.2, -0.15) is 0 Å². The summed E-state index contributed by atoms with van der Waals surface area (Å²) in [4.78, 5) is 2.48. The molecule has 0 aromatic heterocycles. The van der Waals surface area contributed by atoms with E-state index >= 15 is 0 Å². The number of likely N-dealkylation sites (tertiary alicyclic amines) is 1. The minimum Gasteiger partial charge on any atom is -0.508 e. The Morgan fingerprint density at radius 2 is 1.89 bits per heavy atom. The Kier molecular flexibility index (Phi) is 5.61. The molecule has 0 aliphatic carbocycles. The highest BCUT2D eigenvalue weighted by Crippen LogP contribution is 2.17. The number of benzene rings is 1. The van der Waals surface area contributed by atoms with Crippen LogP contribution in [0.3, 0.4) is 0 Å². The van der Waals surface area contributed by atoms with Crippen molar-refractivity contribution in [1.82, 2.24) is 10.2 Å². The molecule has 0 spiro atoms. The lowest BCUT2D eigenvalue weighted by atomic mass is 10.2. The maximum atomic E-state index is 13.0. The lowest BCUT2D eigenvalue weighted by Gasteiger charge is -2.19. The summed E-state index contributed by atoms with van der Waals surface area (Å²) in [6.45, 7) is 4.78. The van der Waals surface area contributed by atoms with Crippen LogP contribution in [0.4, 0.5) is 4.39 Å². The smallest absolute Gasteiger partial charge is 0.123 e. The number of phenols is 1. The largest absolute Gasteiger partial charge is 0.508 e. The average molecular weight is 266 g/mol. The van der Waals surface area contributed by atoms with E-state index in [9.17, 15) is 9.50 Å². The van der Waals surface area contributed by atoms with E-state index in [1.165, 1.54) is 57.0 Å². The minimum absolute atomic E-state index is 0.156. The van der Waals surface area contributed by atoms with Crippen LogP contribution in [-0.2, 0) is 6.54 Å². The van der Waals surface area contributed by atoms with Crippen LogP contribution in [0.2, 0.25) is 0 Å². The molecule has 1 saturated heterocycles. The predicted octanol–water partition coefficient (Wildman–Crippen LogP) is 2.50. The maximum Gasteiger partial charge on any atom is 0.123 e. The molecule has 2 rings (SSSR count). The molecule has 0 saturated carbocycles. The molecule has 4 heteroatoms. The first-order valence-corrected chi connectivity index (χ1v) is 7.16. The van der Waals surface area contributed by atoms with Crippen molar-refractivity contribution in [3.05, 3.63) is 29.6 Å². The van der Waals surface area contributed by atoms with Gasteiger partial charge in [0.1, 0.15) is 11.6 Å². The lowest BCUT2D eigenvalue weighted by molar-refractivity contribution is 0.284. The third-order valence-electron chi connectivity index (χ3n) is 3.66. The number of hydrogen-bond donors (Lipinski definition) is 2. The topological polar surface area (TPSA) is 35.5 Å². The molecule has 1 aliphatic heterocycles. The zero-order valence-electron chi connectivity index (χ0n) is 11.4. The second-order valence-electron chi connectivity index (χ2n) is 5.21. The summed E-state index contributed by atoms with van der Waals surface area (Å²) in [6, 6.07) is 4.06.